The number of hydrogen-bond donors (Lipinski definition) is 1. The topological polar surface area (TPSA) is 75.3 Å². The first-order valence-electron chi connectivity index (χ1n) is 10.7. The largest absolute Gasteiger partial charge is 0.383 e. The first-order chi connectivity index (χ1) is 13.7. The number of aromatic nitrogens is 2. The molecule has 3 fully saturated rings. The van der Waals surface area contributed by atoms with Gasteiger partial charge < -0.3 is 10.6 Å². The average molecular weight is 380 g/mol. The van der Waals surface area contributed by atoms with Crippen molar-refractivity contribution in [3.8, 4) is 0 Å². The minimum atomic E-state index is 0.364. The standard InChI is InChI=1S/C22H29N5O/c23-22-18-3-1-2-4-19(18)24-20(25-22)14-26-7-9-27(10-8-26)21(28)13-17-12-15-5-6-16(17)11-15/h1-4,15-17H,5-14H2,(H2,23,24,25). The summed E-state index contributed by atoms with van der Waals surface area (Å²) in [6, 6.07) is 7.85. The molecule has 0 radical (unpaired) electrons. The molecule has 148 valence electrons. The van der Waals surface area contributed by atoms with Crippen molar-refractivity contribution in [3.63, 3.8) is 0 Å². The molecule has 3 atom stereocenters. The molecule has 2 N–H and O–H groups in total. The molecule has 6 nitrogen and oxygen atoms in total. The number of anilines is 1. The summed E-state index contributed by atoms with van der Waals surface area (Å²) in [6.45, 7) is 4.05. The molecule has 2 aromatic rings. The van der Waals surface area contributed by atoms with Gasteiger partial charge in [0.05, 0.1) is 12.1 Å². The van der Waals surface area contributed by atoms with Crippen LogP contribution in [0.15, 0.2) is 24.3 Å². The zero-order chi connectivity index (χ0) is 19.1. The van der Waals surface area contributed by atoms with Crippen LogP contribution in [0.2, 0.25) is 0 Å². The molecule has 1 aliphatic heterocycles. The van der Waals surface area contributed by atoms with Gasteiger partial charge in [-0.05, 0) is 49.1 Å². The summed E-state index contributed by atoms with van der Waals surface area (Å²) >= 11 is 0. The highest BCUT2D eigenvalue weighted by molar-refractivity contribution is 5.87. The van der Waals surface area contributed by atoms with E-state index < -0.39 is 0 Å². The third kappa shape index (κ3) is 3.46. The van der Waals surface area contributed by atoms with E-state index in [9.17, 15) is 4.79 Å². The lowest BCUT2D eigenvalue weighted by Crippen LogP contribution is -2.48. The summed E-state index contributed by atoms with van der Waals surface area (Å²) in [5.41, 5.74) is 7.00. The van der Waals surface area contributed by atoms with Gasteiger partial charge in [-0.2, -0.15) is 0 Å². The molecule has 1 amide bonds. The minimum Gasteiger partial charge on any atom is -0.383 e. The van der Waals surface area contributed by atoms with Crippen LogP contribution >= 0.6 is 0 Å². The highest BCUT2D eigenvalue weighted by Crippen LogP contribution is 2.49. The number of fused-ring (bicyclic) bond motifs is 3. The quantitative estimate of drug-likeness (QED) is 0.884. The molecule has 6 heteroatoms. The first-order valence-corrected chi connectivity index (χ1v) is 10.7. The molecule has 1 aromatic carbocycles. The number of nitrogen functional groups attached to an aromatic ring is 1. The fourth-order valence-corrected chi connectivity index (χ4v) is 5.56. The van der Waals surface area contributed by atoms with Crippen LogP contribution in [0.1, 0.15) is 37.9 Å². The lowest BCUT2D eigenvalue weighted by atomic mass is 9.86. The Bertz CT molecular complexity index is 876. The molecule has 1 aromatic heterocycles. The normalized spacial score (nSPS) is 27.6. The van der Waals surface area contributed by atoms with Gasteiger partial charge in [-0.1, -0.05) is 18.6 Å². The van der Waals surface area contributed by atoms with E-state index >= 15 is 0 Å². The van der Waals surface area contributed by atoms with E-state index in [4.69, 9.17) is 5.73 Å². The number of para-hydroxylation sites is 1. The van der Waals surface area contributed by atoms with Gasteiger partial charge in [0.2, 0.25) is 5.91 Å². The molecule has 0 spiro atoms. The molecular formula is C22H29N5O. The number of piperazine rings is 1. The summed E-state index contributed by atoms with van der Waals surface area (Å²) in [5.74, 6) is 4.06. The van der Waals surface area contributed by atoms with Crippen molar-refractivity contribution in [2.24, 2.45) is 17.8 Å². The number of nitrogens with two attached hydrogens (primary N) is 1. The van der Waals surface area contributed by atoms with Gasteiger partial charge in [0.1, 0.15) is 11.6 Å². The second-order valence-corrected chi connectivity index (χ2v) is 8.84. The number of carbonyl (C=O) groups excluding carboxylic acids is 1. The van der Waals surface area contributed by atoms with E-state index in [1.807, 2.05) is 24.3 Å². The molecule has 3 aliphatic rings. The van der Waals surface area contributed by atoms with Gasteiger partial charge in [0.15, 0.2) is 0 Å². The fourth-order valence-electron chi connectivity index (χ4n) is 5.56. The van der Waals surface area contributed by atoms with Crippen molar-refractivity contribution in [1.29, 1.82) is 0 Å². The van der Waals surface area contributed by atoms with Crippen LogP contribution in [0, 0.1) is 17.8 Å². The van der Waals surface area contributed by atoms with Crippen molar-refractivity contribution >= 4 is 22.6 Å². The van der Waals surface area contributed by atoms with E-state index in [2.05, 4.69) is 19.8 Å². The van der Waals surface area contributed by atoms with E-state index in [1.165, 1.54) is 25.7 Å². The van der Waals surface area contributed by atoms with Gasteiger partial charge in [-0.3, -0.25) is 9.69 Å². The summed E-state index contributed by atoms with van der Waals surface area (Å²) < 4.78 is 0. The fraction of sp³-hybridized carbons (Fsp3) is 0.591. The zero-order valence-corrected chi connectivity index (χ0v) is 16.4. The third-order valence-corrected chi connectivity index (χ3v) is 7.09. The second kappa shape index (κ2) is 7.32. The average Bonchev–Trinajstić information content (AvgIpc) is 3.32. The Morgan fingerprint density at radius 2 is 1.89 bits per heavy atom. The van der Waals surface area contributed by atoms with E-state index in [0.29, 0.717) is 24.2 Å². The van der Waals surface area contributed by atoms with Gasteiger partial charge >= 0.3 is 0 Å². The molecule has 3 unspecified atom stereocenters. The molecule has 2 heterocycles. The van der Waals surface area contributed by atoms with Crippen LogP contribution in [-0.2, 0) is 11.3 Å². The molecule has 2 bridgehead atoms. The van der Waals surface area contributed by atoms with Gasteiger partial charge in [0.25, 0.3) is 0 Å². The second-order valence-electron chi connectivity index (χ2n) is 8.84. The minimum absolute atomic E-state index is 0.364. The molecule has 1 saturated heterocycles. The first kappa shape index (κ1) is 17.9. The van der Waals surface area contributed by atoms with Gasteiger partial charge in [-0.25, -0.2) is 9.97 Å². The summed E-state index contributed by atoms with van der Waals surface area (Å²) in [7, 11) is 0. The lowest BCUT2D eigenvalue weighted by molar-refractivity contribution is -0.134. The van der Waals surface area contributed by atoms with E-state index in [0.717, 1.165) is 61.2 Å². The number of nitrogens with zero attached hydrogens (tertiary/aromatic N) is 4. The predicted octanol–water partition coefficient (Wildman–Crippen LogP) is 2.68. The van der Waals surface area contributed by atoms with Crippen LogP contribution < -0.4 is 5.73 Å². The Hall–Kier alpha value is -2.21. The number of hydrogen-bond acceptors (Lipinski definition) is 5. The van der Waals surface area contributed by atoms with Crippen LogP contribution in [0.5, 0.6) is 0 Å². The highest BCUT2D eigenvalue weighted by Gasteiger charge is 2.40. The highest BCUT2D eigenvalue weighted by atomic mass is 16.2. The van der Waals surface area contributed by atoms with E-state index in [1.54, 1.807) is 0 Å². The lowest BCUT2D eigenvalue weighted by Gasteiger charge is -2.35. The van der Waals surface area contributed by atoms with Gasteiger partial charge in [-0.15, -0.1) is 0 Å². The van der Waals surface area contributed by atoms with Crippen molar-refractivity contribution in [3.05, 3.63) is 30.1 Å². The summed E-state index contributed by atoms with van der Waals surface area (Å²) in [5, 5.41) is 0.905. The monoisotopic (exact) mass is 379 g/mol. The molecule has 2 aliphatic carbocycles. The predicted molar refractivity (Wildman–Crippen MR) is 109 cm³/mol. The Morgan fingerprint density at radius 1 is 1.07 bits per heavy atom. The van der Waals surface area contributed by atoms with Crippen LogP contribution in [0.4, 0.5) is 5.82 Å². The van der Waals surface area contributed by atoms with Crippen LogP contribution in [0.3, 0.4) is 0 Å². The van der Waals surface area contributed by atoms with Crippen molar-refractivity contribution in [2.75, 3.05) is 31.9 Å². The Labute approximate surface area is 166 Å². The Morgan fingerprint density at radius 3 is 2.64 bits per heavy atom. The summed E-state index contributed by atoms with van der Waals surface area (Å²) in [4.78, 5) is 26.3. The molecule has 28 heavy (non-hydrogen) atoms. The number of carbonyl (C=O) groups is 1. The number of benzene rings is 1. The number of rotatable bonds is 4. The van der Waals surface area contributed by atoms with E-state index in [-0.39, 0.29) is 0 Å². The molecule has 2 saturated carbocycles. The third-order valence-electron chi connectivity index (χ3n) is 7.09. The van der Waals surface area contributed by atoms with Crippen molar-refractivity contribution < 1.29 is 4.79 Å². The SMILES string of the molecule is Nc1nc(CN2CCN(C(=O)CC3CC4CCC3C4)CC2)nc2ccccc12. The Kier molecular flexibility index (Phi) is 4.67. The molecule has 5 rings (SSSR count). The maximum atomic E-state index is 12.8. The van der Waals surface area contributed by atoms with Crippen molar-refractivity contribution in [2.45, 2.75) is 38.6 Å². The van der Waals surface area contributed by atoms with Crippen molar-refractivity contribution in [1.82, 2.24) is 19.8 Å². The summed E-state index contributed by atoms with van der Waals surface area (Å²) in [6.07, 6.45) is 6.18. The Balaban J connectivity index is 1.16. The maximum Gasteiger partial charge on any atom is 0.222 e. The zero-order valence-electron chi connectivity index (χ0n) is 16.4. The van der Waals surface area contributed by atoms with Crippen LogP contribution in [0.25, 0.3) is 10.9 Å². The maximum absolute atomic E-state index is 12.8. The smallest absolute Gasteiger partial charge is 0.222 e. The van der Waals surface area contributed by atoms with Crippen LogP contribution in [-0.4, -0.2) is 51.9 Å². The molecular weight excluding hydrogens is 350 g/mol. The van der Waals surface area contributed by atoms with Gasteiger partial charge in [0, 0.05) is 38.0 Å². The number of amides is 1.